The molecule has 1 aromatic rings. The maximum Gasteiger partial charge on any atom is 0.313 e. The lowest BCUT2D eigenvalue weighted by Gasteiger charge is -2.10. The molecular formula is C14H21N3O3. The summed E-state index contributed by atoms with van der Waals surface area (Å²) in [5.41, 5.74) is 1.10. The van der Waals surface area contributed by atoms with Gasteiger partial charge in [-0.1, -0.05) is 6.07 Å². The third kappa shape index (κ3) is 5.27. The molecule has 3 N–H and O–H groups in total. The first-order chi connectivity index (χ1) is 9.40. The van der Waals surface area contributed by atoms with Gasteiger partial charge in [-0.3, -0.25) is 9.59 Å². The topological polar surface area (TPSA) is 81.7 Å². The van der Waals surface area contributed by atoms with Gasteiger partial charge in [-0.25, -0.2) is 0 Å². The van der Waals surface area contributed by atoms with Gasteiger partial charge in [0.2, 0.25) is 0 Å². The van der Waals surface area contributed by atoms with E-state index in [1.54, 1.807) is 12.1 Å². The molecule has 0 aliphatic rings. The molecule has 6 heteroatoms. The van der Waals surface area contributed by atoms with Gasteiger partial charge in [0.15, 0.2) is 0 Å². The fourth-order valence-electron chi connectivity index (χ4n) is 1.60. The van der Waals surface area contributed by atoms with Crippen molar-refractivity contribution in [3.63, 3.8) is 0 Å². The van der Waals surface area contributed by atoms with Crippen LogP contribution in [0.25, 0.3) is 0 Å². The second-order valence-corrected chi connectivity index (χ2v) is 4.89. The Kier molecular flexibility index (Phi) is 5.99. The minimum Gasteiger partial charge on any atom is -0.506 e. The molecule has 110 valence electrons. The molecular weight excluding hydrogens is 258 g/mol. The van der Waals surface area contributed by atoms with Crippen LogP contribution in [0.5, 0.6) is 5.75 Å². The number of aryl methyl sites for hydroxylation is 1. The van der Waals surface area contributed by atoms with Crippen LogP contribution in [0.1, 0.15) is 12.0 Å². The summed E-state index contributed by atoms with van der Waals surface area (Å²) in [7, 11) is 3.88. The number of anilines is 1. The standard InChI is InChI=1S/C14H21N3O3/c1-10-5-6-11(12(18)9-10)16-14(20)13(19)15-7-4-8-17(2)3/h5-6,9,18H,4,7-8H2,1-3H3,(H,15,19)(H,16,20). The van der Waals surface area contributed by atoms with Crippen LogP contribution >= 0.6 is 0 Å². The molecule has 0 aromatic heterocycles. The largest absolute Gasteiger partial charge is 0.506 e. The van der Waals surface area contributed by atoms with Crippen molar-refractivity contribution in [3.8, 4) is 5.75 Å². The Morgan fingerprint density at radius 1 is 1.25 bits per heavy atom. The Morgan fingerprint density at radius 2 is 1.95 bits per heavy atom. The smallest absolute Gasteiger partial charge is 0.313 e. The molecule has 6 nitrogen and oxygen atoms in total. The number of hydrogen-bond donors (Lipinski definition) is 3. The van der Waals surface area contributed by atoms with Crippen LogP contribution < -0.4 is 10.6 Å². The summed E-state index contributed by atoms with van der Waals surface area (Å²) < 4.78 is 0. The normalized spacial score (nSPS) is 10.4. The van der Waals surface area contributed by atoms with Crippen LogP contribution in [-0.2, 0) is 9.59 Å². The summed E-state index contributed by atoms with van der Waals surface area (Å²) in [5.74, 6) is -1.54. The average Bonchev–Trinajstić information content (AvgIpc) is 2.37. The highest BCUT2D eigenvalue weighted by atomic mass is 16.3. The first-order valence-corrected chi connectivity index (χ1v) is 6.43. The number of amides is 2. The number of nitrogens with one attached hydrogen (secondary N) is 2. The molecule has 0 spiro atoms. The van der Waals surface area contributed by atoms with Crippen molar-refractivity contribution < 1.29 is 14.7 Å². The van der Waals surface area contributed by atoms with Gasteiger partial charge in [0.25, 0.3) is 0 Å². The lowest BCUT2D eigenvalue weighted by atomic mass is 10.2. The van der Waals surface area contributed by atoms with Gasteiger partial charge in [-0.05, 0) is 51.7 Å². The molecule has 0 saturated heterocycles. The lowest BCUT2D eigenvalue weighted by Crippen LogP contribution is -2.36. The fraction of sp³-hybridized carbons (Fsp3) is 0.429. The van der Waals surface area contributed by atoms with E-state index in [-0.39, 0.29) is 11.4 Å². The van der Waals surface area contributed by atoms with Crippen LogP contribution in [0, 0.1) is 6.92 Å². The molecule has 20 heavy (non-hydrogen) atoms. The highest BCUT2D eigenvalue weighted by molar-refractivity contribution is 6.39. The molecule has 2 amide bonds. The van der Waals surface area contributed by atoms with E-state index in [1.165, 1.54) is 6.07 Å². The zero-order valence-corrected chi connectivity index (χ0v) is 12.1. The Hall–Kier alpha value is -2.08. The molecule has 1 rings (SSSR count). The highest BCUT2D eigenvalue weighted by Crippen LogP contribution is 2.23. The molecule has 0 radical (unpaired) electrons. The fourth-order valence-corrected chi connectivity index (χ4v) is 1.60. The summed E-state index contributed by atoms with van der Waals surface area (Å²) in [4.78, 5) is 25.2. The van der Waals surface area contributed by atoms with Gasteiger partial charge in [-0.2, -0.15) is 0 Å². The Balaban J connectivity index is 2.43. The number of hydrogen-bond acceptors (Lipinski definition) is 4. The van der Waals surface area contributed by atoms with E-state index < -0.39 is 11.8 Å². The second kappa shape index (κ2) is 7.49. The SMILES string of the molecule is Cc1ccc(NC(=O)C(=O)NCCCN(C)C)c(O)c1. The van der Waals surface area contributed by atoms with Crippen LogP contribution in [0.2, 0.25) is 0 Å². The molecule has 0 fully saturated rings. The Labute approximate surface area is 118 Å². The third-order valence-corrected chi connectivity index (χ3v) is 2.68. The predicted octanol–water partition coefficient (Wildman–Crippen LogP) is 0.707. The zero-order valence-electron chi connectivity index (χ0n) is 12.1. The lowest BCUT2D eigenvalue weighted by molar-refractivity contribution is -0.136. The van der Waals surface area contributed by atoms with Gasteiger partial charge in [-0.15, -0.1) is 0 Å². The summed E-state index contributed by atoms with van der Waals surface area (Å²) in [6.07, 6.45) is 0.766. The van der Waals surface area contributed by atoms with Crippen LogP contribution in [-0.4, -0.2) is 49.0 Å². The van der Waals surface area contributed by atoms with E-state index >= 15 is 0 Å². The van der Waals surface area contributed by atoms with E-state index in [0.29, 0.717) is 6.54 Å². The van der Waals surface area contributed by atoms with E-state index in [0.717, 1.165) is 18.5 Å². The number of carbonyl (C=O) groups excluding carboxylic acids is 2. The first kappa shape index (κ1) is 16.0. The van der Waals surface area contributed by atoms with Crippen molar-refractivity contribution in [1.82, 2.24) is 10.2 Å². The van der Waals surface area contributed by atoms with Crippen molar-refractivity contribution in [3.05, 3.63) is 23.8 Å². The summed E-state index contributed by atoms with van der Waals surface area (Å²) in [6.45, 7) is 3.09. The molecule has 0 aliphatic carbocycles. The van der Waals surface area contributed by atoms with E-state index in [4.69, 9.17) is 0 Å². The van der Waals surface area contributed by atoms with E-state index in [9.17, 15) is 14.7 Å². The third-order valence-electron chi connectivity index (χ3n) is 2.68. The van der Waals surface area contributed by atoms with Gasteiger partial charge in [0, 0.05) is 6.54 Å². The molecule has 0 heterocycles. The molecule has 0 bridgehead atoms. The number of nitrogens with zero attached hydrogens (tertiary/aromatic N) is 1. The Bertz CT molecular complexity index is 487. The molecule has 0 atom stereocenters. The summed E-state index contributed by atoms with van der Waals surface area (Å²) in [5, 5.41) is 14.6. The molecule has 1 aromatic carbocycles. The maximum atomic E-state index is 11.6. The number of rotatable bonds is 5. The van der Waals surface area contributed by atoms with Crippen molar-refractivity contribution >= 4 is 17.5 Å². The van der Waals surface area contributed by atoms with E-state index in [2.05, 4.69) is 10.6 Å². The van der Waals surface area contributed by atoms with Crippen LogP contribution in [0.4, 0.5) is 5.69 Å². The van der Waals surface area contributed by atoms with Crippen molar-refractivity contribution in [1.29, 1.82) is 0 Å². The van der Waals surface area contributed by atoms with Gasteiger partial charge in [0.05, 0.1) is 5.69 Å². The zero-order chi connectivity index (χ0) is 15.1. The van der Waals surface area contributed by atoms with Gasteiger partial charge < -0.3 is 20.6 Å². The van der Waals surface area contributed by atoms with Crippen molar-refractivity contribution in [2.45, 2.75) is 13.3 Å². The van der Waals surface area contributed by atoms with Crippen LogP contribution in [0.3, 0.4) is 0 Å². The molecule has 0 aliphatic heterocycles. The Morgan fingerprint density at radius 3 is 2.55 bits per heavy atom. The van der Waals surface area contributed by atoms with Gasteiger partial charge in [0.1, 0.15) is 5.75 Å². The predicted molar refractivity (Wildman–Crippen MR) is 77.7 cm³/mol. The maximum absolute atomic E-state index is 11.6. The van der Waals surface area contributed by atoms with E-state index in [1.807, 2.05) is 25.9 Å². The highest BCUT2D eigenvalue weighted by Gasteiger charge is 2.14. The van der Waals surface area contributed by atoms with Gasteiger partial charge >= 0.3 is 11.8 Å². The van der Waals surface area contributed by atoms with Crippen molar-refractivity contribution in [2.24, 2.45) is 0 Å². The number of phenolic OH excluding ortho intramolecular Hbond substituents is 1. The minimum atomic E-state index is -0.783. The summed E-state index contributed by atoms with van der Waals surface area (Å²) >= 11 is 0. The molecule has 0 saturated carbocycles. The summed E-state index contributed by atoms with van der Waals surface area (Å²) in [6, 6.07) is 4.82. The average molecular weight is 279 g/mol. The van der Waals surface area contributed by atoms with Crippen LogP contribution in [0.15, 0.2) is 18.2 Å². The minimum absolute atomic E-state index is 0.0567. The van der Waals surface area contributed by atoms with Crippen molar-refractivity contribution in [2.75, 3.05) is 32.5 Å². The number of benzene rings is 1. The number of aromatic hydroxyl groups is 1. The quantitative estimate of drug-likeness (QED) is 0.421. The monoisotopic (exact) mass is 279 g/mol. The first-order valence-electron chi connectivity index (χ1n) is 6.43. The number of phenols is 1. The molecule has 0 unspecified atom stereocenters. The number of carbonyl (C=O) groups is 2. The second-order valence-electron chi connectivity index (χ2n) is 4.89.